The van der Waals surface area contributed by atoms with Crippen molar-refractivity contribution in [2.24, 2.45) is 0 Å². The average Bonchev–Trinajstić information content (AvgIpc) is 2.95. The molecule has 0 unspecified atom stereocenters. The molecule has 0 aliphatic rings. The summed E-state index contributed by atoms with van der Waals surface area (Å²) in [5, 5.41) is 14.0. The Labute approximate surface area is 148 Å². The van der Waals surface area contributed by atoms with Crippen LogP contribution in [0.25, 0.3) is 16.3 Å². The lowest BCUT2D eigenvalue weighted by Crippen LogP contribution is -2.07. The number of rotatable bonds is 4. The van der Waals surface area contributed by atoms with Gasteiger partial charge in [0, 0.05) is 18.2 Å². The number of aromatic nitrogens is 1. The van der Waals surface area contributed by atoms with E-state index >= 15 is 0 Å². The Morgan fingerprint density at radius 1 is 1.28 bits per heavy atom. The van der Waals surface area contributed by atoms with Crippen LogP contribution in [0.2, 0.25) is 0 Å². The molecule has 0 aliphatic carbocycles. The Morgan fingerprint density at radius 2 is 2.08 bits per heavy atom. The van der Waals surface area contributed by atoms with Gasteiger partial charge in [-0.1, -0.05) is 29.5 Å². The number of nitrogens with zero attached hydrogens (tertiary/aromatic N) is 2. The maximum Gasteiger partial charge on any atom is 0.270 e. The van der Waals surface area contributed by atoms with Crippen molar-refractivity contribution in [1.82, 2.24) is 4.98 Å². The number of amides is 1. The number of hydrogen-bond donors (Lipinski definition) is 1. The fourth-order valence-corrected chi connectivity index (χ4v) is 3.41. The van der Waals surface area contributed by atoms with Gasteiger partial charge in [-0.15, -0.1) is 0 Å². The van der Waals surface area contributed by atoms with Crippen LogP contribution in [0.3, 0.4) is 0 Å². The van der Waals surface area contributed by atoms with E-state index in [9.17, 15) is 14.9 Å². The van der Waals surface area contributed by atoms with E-state index in [0.29, 0.717) is 10.7 Å². The predicted molar refractivity (Wildman–Crippen MR) is 99.9 cm³/mol. The zero-order valence-corrected chi connectivity index (χ0v) is 14.5. The number of carbonyl (C=O) groups is 1. The van der Waals surface area contributed by atoms with E-state index in [0.717, 1.165) is 21.3 Å². The highest BCUT2D eigenvalue weighted by Crippen LogP contribution is 2.29. The van der Waals surface area contributed by atoms with Gasteiger partial charge in [0.15, 0.2) is 5.13 Å². The summed E-state index contributed by atoms with van der Waals surface area (Å²) in [5.74, 6) is -0.333. The monoisotopic (exact) mass is 353 g/mol. The van der Waals surface area contributed by atoms with Gasteiger partial charge in [-0.05, 0) is 42.7 Å². The van der Waals surface area contributed by atoms with E-state index in [4.69, 9.17) is 0 Å². The normalized spacial score (nSPS) is 11.1. The third-order valence-electron chi connectivity index (χ3n) is 3.56. The number of nitro groups is 1. The number of fused-ring (bicyclic) bond motifs is 1. The standard InChI is InChI=1S/C18H15N3O3S/c1-11-8-12(2)17-15(9-11)19-18(25-17)20-16(22)7-6-13-4-3-5-14(10-13)21(23)24/h3-10H,1-2H3,(H,19,20,22)/b7-6+. The number of nitro benzene ring substituents is 1. The summed E-state index contributed by atoms with van der Waals surface area (Å²) in [6, 6.07) is 10.1. The number of benzene rings is 2. The van der Waals surface area contributed by atoms with Crippen LogP contribution in [0.4, 0.5) is 10.8 Å². The number of aryl methyl sites for hydroxylation is 2. The zero-order valence-electron chi connectivity index (χ0n) is 13.6. The molecule has 0 fully saturated rings. The molecule has 1 aromatic heterocycles. The van der Waals surface area contributed by atoms with Crippen LogP contribution >= 0.6 is 11.3 Å². The van der Waals surface area contributed by atoms with Crippen molar-refractivity contribution in [1.29, 1.82) is 0 Å². The lowest BCUT2D eigenvalue weighted by atomic mass is 10.1. The van der Waals surface area contributed by atoms with Gasteiger partial charge in [-0.2, -0.15) is 0 Å². The number of non-ortho nitro benzene ring substituents is 1. The molecule has 0 spiro atoms. The molecule has 126 valence electrons. The van der Waals surface area contributed by atoms with Crippen LogP contribution in [0.5, 0.6) is 0 Å². The molecule has 2 aromatic carbocycles. The van der Waals surface area contributed by atoms with Crippen molar-refractivity contribution < 1.29 is 9.72 Å². The number of hydrogen-bond acceptors (Lipinski definition) is 5. The smallest absolute Gasteiger partial charge is 0.270 e. The van der Waals surface area contributed by atoms with Crippen molar-refractivity contribution in [3.63, 3.8) is 0 Å². The molecule has 0 saturated heterocycles. The minimum atomic E-state index is -0.469. The first-order valence-corrected chi connectivity index (χ1v) is 8.35. The highest BCUT2D eigenvalue weighted by molar-refractivity contribution is 7.22. The van der Waals surface area contributed by atoms with Crippen molar-refractivity contribution in [2.75, 3.05) is 5.32 Å². The molecule has 1 heterocycles. The molecule has 0 saturated carbocycles. The number of anilines is 1. The summed E-state index contributed by atoms with van der Waals surface area (Å²) in [7, 11) is 0. The molecular weight excluding hydrogens is 338 g/mol. The van der Waals surface area contributed by atoms with Gasteiger partial charge in [-0.3, -0.25) is 20.2 Å². The molecule has 1 N–H and O–H groups in total. The topological polar surface area (TPSA) is 85.1 Å². The molecule has 3 aromatic rings. The van der Waals surface area contributed by atoms with Gasteiger partial charge in [0.2, 0.25) is 5.91 Å². The lowest BCUT2D eigenvalue weighted by molar-refractivity contribution is -0.384. The van der Waals surface area contributed by atoms with Crippen molar-refractivity contribution in [3.05, 3.63) is 69.3 Å². The summed E-state index contributed by atoms with van der Waals surface area (Å²) in [4.78, 5) is 26.8. The summed E-state index contributed by atoms with van der Waals surface area (Å²) >= 11 is 1.42. The predicted octanol–water partition coefficient (Wildman–Crippen LogP) is 4.47. The van der Waals surface area contributed by atoms with E-state index < -0.39 is 4.92 Å². The number of carbonyl (C=O) groups excluding carboxylic acids is 1. The van der Waals surface area contributed by atoms with Gasteiger partial charge in [0.1, 0.15) is 0 Å². The van der Waals surface area contributed by atoms with E-state index in [2.05, 4.69) is 16.4 Å². The number of thiazole rings is 1. The highest BCUT2D eigenvalue weighted by Gasteiger charge is 2.09. The minimum Gasteiger partial charge on any atom is -0.298 e. The van der Waals surface area contributed by atoms with Crippen LogP contribution in [0.1, 0.15) is 16.7 Å². The Balaban J connectivity index is 1.75. The van der Waals surface area contributed by atoms with Crippen molar-refractivity contribution in [2.45, 2.75) is 13.8 Å². The average molecular weight is 353 g/mol. The fraction of sp³-hybridized carbons (Fsp3) is 0.111. The minimum absolute atomic E-state index is 0.0143. The Kier molecular flexibility index (Phi) is 4.58. The summed E-state index contributed by atoms with van der Waals surface area (Å²) < 4.78 is 1.04. The maximum absolute atomic E-state index is 12.1. The second-order valence-corrected chi connectivity index (χ2v) is 6.62. The van der Waals surface area contributed by atoms with E-state index in [1.807, 2.05) is 19.9 Å². The largest absolute Gasteiger partial charge is 0.298 e. The Hall–Kier alpha value is -3.06. The maximum atomic E-state index is 12.1. The van der Waals surface area contributed by atoms with E-state index in [1.54, 1.807) is 12.1 Å². The van der Waals surface area contributed by atoms with E-state index in [1.165, 1.54) is 35.6 Å². The lowest BCUT2D eigenvalue weighted by Gasteiger charge is -1.96. The number of nitrogens with one attached hydrogen (secondary N) is 1. The second kappa shape index (κ2) is 6.82. The van der Waals surface area contributed by atoms with Crippen LogP contribution < -0.4 is 5.32 Å². The van der Waals surface area contributed by atoms with Gasteiger partial charge in [0.25, 0.3) is 5.69 Å². The summed E-state index contributed by atoms with van der Waals surface area (Å²) in [6.07, 6.45) is 2.87. The molecule has 6 nitrogen and oxygen atoms in total. The molecule has 1 amide bonds. The Bertz CT molecular complexity index is 1010. The van der Waals surface area contributed by atoms with Crippen LogP contribution in [-0.2, 0) is 4.79 Å². The molecule has 3 rings (SSSR count). The summed E-state index contributed by atoms with van der Waals surface area (Å²) in [5.41, 5.74) is 3.68. The molecular formula is C18H15N3O3S. The first-order valence-electron chi connectivity index (χ1n) is 7.54. The molecule has 0 aliphatic heterocycles. The molecule has 0 atom stereocenters. The quantitative estimate of drug-likeness (QED) is 0.426. The molecule has 7 heteroatoms. The van der Waals surface area contributed by atoms with Gasteiger partial charge < -0.3 is 0 Å². The van der Waals surface area contributed by atoms with Gasteiger partial charge >= 0.3 is 0 Å². The summed E-state index contributed by atoms with van der Waals surface area (Å²) in [6.45, 7) is 4.02. The SMILES string of the molecule is Cc1cc(C)c2sc(NC(=O)/C=C/c3cccc([N+](=O)[O-])c3)nc2c1. The Morgan fingerprint density at radius 3 is 2.84 bits per heavy atom. The molecule has 0 radical (unpaired) electrons. The third kappa shape index (κ3) is 3.89. The van der Waals surface area contributed by atoms with Crippen molar-refractivity contribution in [3.8, 4) is 0 Å². The highest BCUT2D eigenvalue weighted by atomic mass is 32.1. The van der Waals surface area contributed by atoms with Crippen molar-refractivity contribution >= 4 is 44.4 Å². The molecule has 25 heavy (non-hydrogen) atoms. The van der Waals surface area contributed by atoms with Crippen LogP contribution in [-0.4, -0.2) is 15.8 Å². The first-order chi connectivity index (χ1) is 11.9. The van der Waals surface area contributed by atoms with Crippen LogP contribution in [0, 0.1) is 24.0 Å². The zero-order chi connectivity index (χ0) is 18.0. The second-order valence-electron chi connectivity index (χ2n) is 5.62. The van der Waals surface area contributed by atoms with Gasteiger partial charge in [-0.25, -0.2) is 4.98 Å². The third-order valence-corrected chi connectivity index (χ3v) is 4.68. The first kappa shape index (κ1) is 16.8. The molecule has 0 bridgehead atoms. The fourth-order valence-electron chi connectivity index (χ4n) is 2.49. The van der Waals surface area contributed by atoms with Gasteiger partial charge in [0.05, 0.1) is 15.1 Å². The van der Waals surface area contributed by atoms with Crippen LogP contribution in [0.15, 0.2) is 42.5 Å². The van der Waals surface area contributed by atoms with E-state index in [-0.39, 0.29) is 11.6 Å².